The maximum absolute atomic E-state index is 13.4. The molecule has 1 aliphatic rings. The Morgan fingerprint density at radius 3 is 2.45 bits per heavy atom. The van der Waals surface area contributed by atoms with E-state index in [-0.39, 0.29) is 17.6 Å². The number of anilines is 1. The molecule has 42 heavy (non-hydrogen) atoms. The van der Waals surface area contributed by atoms with Crippen molar-refractivity contribution in [2.45, 2.75) is 53.0 Å². The van der Waals surface area contributed by atoms with Gasteiger partial charge in [-0.05, 0) is 79.7 Å². The van der Waals surface area contributed by atoms with E-state index in [4.69, 9.17) is 0 Å². The van der Waals surface area contributed by atoms with Gasteiger partial charge in [0, 0.05) is 37.0 Å². The number of likely N-dealkylation sites (N-methyl/N-ethyl adjacent to an activating group) is 1. The lowest BCUT2D eigenvalue weighted by Gasteiger charge is -2.25. The fourth-order valence-electron chi connectivity index (χ4n) is 5.02. The average molecular weight is 592 g/mol. The zero-order valence-electron chi connectivity index (χ0n) is 24.4. The molecule has 0 saturated heterocycles. The Kier molecular flexibility index (Phi) is 11.0. The predicted molar refractivity (Wildman–Crippen MR) is 166 cm³/mol. The van der Waals surface area contributed by atoms with Crippen molar-refractivity contribution in [1.82, 2.24) is 15.2 Å². The number of nitrogens with one attached hydrogen (secondary N) is 2. The molecule has 1 heterocycles. The highest BCUT2D eigenvalue weighted by Crippen LogP contribution is 2.38. The molecule has 0 saturated carbocycles. The summed E-state index contributed by atoms with van der Waals surface area (Å²) in [5, 5.41) is 7.53. The first kappa shape index (κ1) is 31.1. The summed E-state index contributed by atoms with van der Waals surface area (Å²) < 4.78 is 13.2. The van der Waals surface area contributed by atoms with Gasteiger partial charge in [0.15, 0.2) is 0 Å². The number of carbonyl (C=O) groups is 3. The summed E-state index contributed by atoms with van der Waals surface area (Å²) in [6, 6.07) is 13.0. The molecule has 1 aliphatic carbocycles. The average Bonchev–Trinajstić information content (AvgIpc) is 3.35. The molecule has 2 aromatic carbocycles. The number of carbonyl (C=O) groups excluding carboxylic acids is 3. The normalized spacial score (nSPS) is 12.8. The molecule has 1 aromatic heterocycles. The van der Waals surface area contributed by atoms with Crippen LogP contribution in [-0.2, 0) is 24.2 Å². The lowest BCUT2D eigenvalue weighted by molar-refractivity contribution is -0.129. The van der Waals surface area contributed by atoms with Crippen LogP contribution < -0.4 is 10.7 Å². The molecular formula is C32H38FN5O3S. The van der Waals surface area contributed by atoms with E-state index in [9.17, 15) is 18.8 Å². The number of thiophene rings is 1. The molecule has 0 aliphatic heterocycles. The van der Waals surface area contributed by atoms with Crippen LogP contribution in [0.4, 0.5) is 9.39 Å². The lowest BCUT2D eigenvalue weighted by atomic mass is 9.95. The molecule has 0 bridgehead atoms. The van der Waals surface area contributed by atoms with Crippen molar-refractivity contribution in [2.75, 3.05) is 31.5 Å². The first-order chi connectivity index (χ1) is 20.3. The summed E-state index contributed by atoms with van der Waals surface area (Å²) in [6.45, 7) is 9.41. The van der Waals surface area contributed by atoms with Gasteiger partial charge in [-0.25, -0.2) is 9.82 Å². The van der Waals surface area contributed by atoms with Gasteiger partial charge in [-0.15, -0.1) is 11.3 Å². The molecule has 0 fully saturated rings. The molecular weight excluding hydrogens is 553 g/mol. The minimum Gasteiger partial charge on any atom is -0.337 e. The van der Waals surface area contributed by atoms with E-state index in [1.54, 1.807) is 36.1 Å². The topological polar surface area (TPSA) is 94.1 Å². The Hall–Kier alpha value is -3.89. The van der Waals surface area contributed by atoms with Crippen LogP contribution in [0.25, 0.3) is 0 Å². The molecule has 2 N–H and O–H groups in total. The van der Waals surface area contributed by atoms with Crippen LogP contribution >= 0.6 is 11.3 Å². The van der Waals surface area contributed by atoms with Gasteiger partial charge in [0.25, 0.3) is 11.8 Å². The van der Waals surface area contributed by atoms with Crippen LogP contribution in [0.5, 0.6) is 0 Å². The molecule has 10 heteroatoms. The Morgan fingerprint density at radius 2 is 1.74 bits per heavy atom. The molecule has 4 rings (SSSR count). The van der Waals surface area contributed by atoms with Gasteiger partial charge < -0.3 is 15.1 Å². The number of amides is 3. The molecule has 0 radical (unpaired) electrons. The van der Waals surface area contributed by atoms with Gasteiger partial charge in [0.05, 0.1) is 11.8 Å². The van der Waals surface area contributed by atoms with Crippen LogP contribution in [0, 0.1) is 5.82 Å². The summed E-state index contributed by atoms with van der Waals surface area (Å²) >= 11 is 1.43. The van der Waals surface area contributed by atoms with E-state index < -0.39 is 5.91 Å². The second-order valence-corrected chi connectivity index (χ2v) is 11.4. The summed E-state index contributed by atoms with van der Waals surface area (Å²) in [7, 11) is 0. The molecule has 8 nitrogen and oxygen atoms in total. The maximum Gasteiger partial charge on any atom is 0.274 e. The largest absolute Gasteiger partial charge is 0.337 e. The molecule has 0 unspecified atom stereocenters. The van der Waals surface area contributed by atoms with Crippen molar-refractivity contribution in [3.8, 4) is 0 Å². The summed E-state index contributed by atoms with van der Waals surface area (Å²) in [5.41, 5.74) is 5.92. The number of hydrazone groups is 1. The van der Waals surface area contributed by atoms with Crippen molar-refractivity contribution in [3.63, 3.8) is 0 Å². The SMILES string of the molecule is CCN(CC)CCN(Cc1cccc(C(=O)Nc2sc3c(c2C(=O)N/N=C/c2ccc(F)cc2)CCCC3)c1)C(C)=O. The molecule has 0 atom stereocenters. The number of halogens is 1. The third kappa shape index (κ3) is 8.10. The van der Waals surface area contributed by atoms with Crippen molar-refractivity contribution >= 4 is 40.3 Å². The standard InChI is InChI=1S/C32H38FN5O3S/c1-4-37(5-2)17-18-38(22(3)39)21-24-9-8-10-25(19-24)30(40)35-32-29(27-11-6-7-12-28(27)42-32)31(41)36-34-20-23-13-15-26(33)16-14-23/h8-10,13-16,19-20H,4-7,11-12,17-18,21H2,1-3H3,(H,35,40)(H,36,41)/b34-20+. The lowest BCUT2D eigenvalue weighted by Crippen LogP contribution is -2.37. The first-order valence-electron chi connectivity index (χ1n) is 14.4. The number of fused-ring (bicyclic) bond motifs is 1. The highest BCUT2D eigenvalue weighted by molar-refractivity contribution is 7.17. The van der Waals surface area contributed by atoms with Gasteiger partial charge in [-0.3, -0.25) is 14.4 Å². The van der Waals surface area contributed by atoms with E-state index >= 15 is 0 Å². The number of benzene rings is 2. The Balaban J connectivity index is 1.49. The van der Waals surface area contributed by atoms with E-state index in [0.717, 1.165) is 61.3 Å². The number of nitrogens with zero attached hydrogens (tertiary/aromatic N) is 3. The van der Waals surface area contributed by atoms with E-state index in [1.807, 2.05) is 12.1 Å². The Labute approximate surface area is 250 Å². The fourth-order valence-corrected chi connectivity index (χ4v) is 6.30. The predicted octanol–water partition coefficient (Wildman–Crippen LogP) is 5.47. The number of rotatable bonds is 12. The smallest absolute Gasteiger partial charge is 0.274 e. The first-order valence-corrected chi connectivity index (χ1v) is 15.2. The van der Waals surface area contributed by atoms with Gasteiger partial charge in [0.2, 0.25) is 5.91 Å². The van der Waals surface area contributed by atoms with Crippen LogP contribution in [0.1, 0.15) is 75.9 Å². The summed E-state index contributed by atoms with van der Waals surface area (Å²) in [5.74, 6) is -1.09. The number of hydrogen-bond acceptors (Lipinski definition) is 6. The van der Waals surface area contributed by atoms with Gasteiger partial charge in [-0.2, -0.15) is 5.10 Å². The highest BCUT2D eigenvalue weighted by Gasteiger charge is 2.26. The van der Waals surface area contributed by atoms with Crippen molar-refractivity contribution < 1.29 is 18.8 Å². The fraction of sp³-hybridized carbons (Fsp3) is 0.375. The number of aryl methyl sites for hydroxylation is 1. The van der Waals surface area contributed by atoms with Crippen LogP contribution in [0.15, 0.2) is 53.6 Å². The molecule has 3 aromatic rings. The van der Waals surface area contributed by atoms with Crippen molar-refractivity contribution in [2.24, 2.45) is 5.10 Å². The third-order valence-corrected chi connectivity index (χ3v) is 8.67. The van der Waals surface area contributed by atoms with Crippen molar-refractivity contribution in [3.05, 3.63) is 87.0 Å². The van der Waals surface area contributed by atoms with E-state index in [1.165, 1.54) is 29.7 Å². The number of hydrogen-bond donors (Lipinski definition) is 2. The molecule has 222 valence electrons. The third-order valence-electron chi connectivity index (χ3n) is 7.46. The minimum atomic E-state index is -0.401. The van der Waals surface area contributed by atoms with Crippen LogP contribution in [-0.4, -0.2) is 59.9 Å². The Bertz CT molecular complexity index is 1430. The second-order valence-electron chi connectivity index (χ2n) is 10.3. The van der Waals surface area contributed by atoms with Crippen LogP contribution in [0.2, 0.25) is 0 Å². The van der Waals surface area contributed by atoms with Crippen molar-refractivity contribution in [1.29, 1.82) is 0 Å². The zero-order chi connectivity index (χ0) is 30.1. The van der Waals surface area contributed by atoms with Gasteiger partial charge >= 0.3 is 0 Å². The van der Waals surface area contributed by atoms with Crippen LogP contribution in [0.3, 0.4) is 0 Å². The van der Waals surface area contributed by atoms with Gasteiger partial charge in [0.1, 0.15) is 10.8 Å². The van der Waals surface area contributed by atoms with E-state index in [0.29, 0.717) is 34.8 Å². The summed E-state index contributed by atoms with van der Waals surface area (Å²) in [6.07, 6.45) is 5.08. The maximum atomic E-state index is 13.4. The summed E-state index contributed by atoms with van der Waals surface area (Å²) in [4.78, 5) is 44.2. The highest BCUT2D eigenvalue weighted by atomic mass is 32.1. The molecule has 0 spiro atoms. The van der Waals surface area contributed by atoms with Gasteiger partial charge in [-0.1, -0.05) is 38.1 Å². The second kappa shape index (κ2) is 14.8. The molecule has 3 amide bonds. The minimum absolute atomic E-state index is 0.0149. The van der Waals surface area contributed by atoms with E-state index in [2.05, 4.69) is 34.6 Å². The Morgan fingerprint density at radius 1 is 1.00 bits per heavy atom. The quantitative estimate of drug-likeness (QED) is 0.216. The zero-order valence-corrected chi connectivity index (χ0v) is 25.2. The monoisotopic (exact) mass is 591 g/mol.